The molecule has 0 unspecified atom stereocenters. The summed E-state index contributed by atoms with van der Waals surface area (Å²) in [5, 5.41) is 0. The van der Waals surface area contributed by atoms with Crippen LogP contribution in [-0.4, -0.2) is 15.0 Å². The number of aromatic nitrogens is 3. The van der Waals surface area contributed by atoms with Crippen molar-refractivity contribution >= 4 is 11.8 Å². The molecule has 1 aliphatic heterocycles. The van der Waals surface area contributed by atoms with Crippen molar-refractivity contribution in [3.05, 3.63) is 223 Å². The maximum Gasteiger partial charge on any atom is 0.164 e. The summed E-state index contributed by atoms with van der Waals surface area (Å²) in [6.07, 6.45) is 0. The van der Waals surface area contributed by atoms with Crippen LogP contribution in [0.2, 0.25) is 0 Å². The molecule has 302 valence electrons. The lowest BCUT2D eigenvalue weighted by molar-refractivity contribution is 0.659. The van der Waals surface area contributed by atoms with Gasteiger partial charge in [0.05, 0.1) is 0 Å². The quantitative estimate of drug-likeness (QED) is 0.177. The van der Waals surface area contributed by atoms with E-state index in [9.17, 15) is 0 Å². The van der Waals surface area contributed by atoms with Crippen LogP contribution in [-0.2, 0) is 5.41 Å². The summed E-state index contributed by atoms with van der Waals surface area (Å²) in [5.41, 5.74) is 19.6. The second kappa shape index (κ2) is 15.3. The number of benzene rings is 9. The smallest absolute Gasteiger partial charge is 0.164 e. The molecule has 0 atom stereocenters. The minimum atomic E-state index is -0.163. The fraction of sp³-hybridized carbons (Fsp3) is 0.0500. The van der Waals surface area contributed by atoms with E-state index < -0.39 is 0 Å². The molecule has 64 heavy (non-hydrogen) atoms. The zero-order chi connectivity index (χ0) is 42.8. The molecule has 4 heteroatoms. The molecule has 0 saturated heterocycles. The van der Waals surface area contributed by atoms with Gasteiger partial charge in [-0.05, 0) is 108 Å². The van der Waals surface area contributed by atoms with Crippen LogP contribution in [0.3, 0.4) is 0 Å². The fourth-order valence-electron chi connectivity index (χ4n) is 9.79. The molecule has 9 aromatic carbocycles. The zero-order valence-electron chi connectivity index (χ0n) is 35.5. The highest BCUT2D eigenvalue weighted by atomic mass is 32.2. The Morgan fingerprint density at radius 2 is 0.766 bits per heavy atom. The number of nitrogens with zero attached hydrogens (tertiary/aromatic N) is 3. The second-order valence-electron chi connectivity index (χ2n) is 17.1. The third-order valence-corrected chi connectivity index (χ3v) is 14.1. The molecule has 2 heterocycles. The number of hydrogen-bond donors (Lipinski definition) is 0. The van der Waals surface area contributed by atoms with Gasteiger partial charge in [-0.1, -0.05) is 208 Å². The van der Waals surface area contributed by atoms with Crippen LogP contribution < -0.4 is 0 Å². The Kier molecular flexibility index (Phi) is 9.10. The minimum Gasteiger partial charge on any atom is -0.208 e. The summed E-state index contributed by atoms with van der Waals surface area (Å²) >= 11 is 1.86. The third-order valence-electron chi connectivity index (χ3n) is 13.0. The molecule has 0 saturated carbocycles. The highest BCUT2D eigenvalue weighted by Gasteiger charge is 2.37. The van der Waals surface area contributed by atoms with E-state index in [-0.39, 0.29) is 5.41 Å². The SMILES string of the molecule is CC1(C)c2ccccc2-c2cc3c(cc21)Sc1ccccc1-c1ccccc1-c1ccccc1-c1ccc(-c2nc(-c4ccccc4)nc(-c4cccc(-c5ccccc5)c4)n2)cc1-3. The van der Waals surface area contributed by atoms with Crippen molar-refractivity contribution < 1.29 is 0 Å². The van der Waals surface area contributed by atoms with Gasteiger partial charge in [0.25, 0.3) is 0 Å². The molecule has 0 bridgehead atoms. The normalized spacial score (nSPS) is 12.9. The number of hydrogen-bond acceptors (Lipinski definition) is 4. The predicted molar refractivity (Wildman–Crippen MR) is 265 cm³/mol. The van der Waals surface area contributed by atoms with Crippen LogP contribution in [0.5, 0.6) is 0 Å². The van der Waals surface area contributed by atoms with Crippen LogP contribution in [0.15, 0.2) is 222 Å². The summed E-state index contributed by atoms with van der Waals surface area (Å²) in [6.45, 7) is 4.73. The Balaban J connectivity index is 1.14. The first kappa shape index (κ1) is 38.0. The van der Waals surface area contributed by atoms with Crippen molar-refractivity contribution in [2.45, 2.75) is 29.1 Å². The summed E-state index contributed by atoms with van der Waals surface area (Å²) < 4.78 is 0. The maximum atomic E-state index is 5.31. The van der Waals surface area contributed by atoms with Crippen LogP contribution >= 0.6 is 11.8 Å². The van der Waals surface area contributed by atoms with E-state index in [1.54, 1.807) is 0 Å². The van der Waals surface area contributed by atoms with E-state index in [1.807, 2.05) is 36.0 Å². The summed E-state index contributed by atoms with van der Waals surface area (Å²) in [6, 6.07) is 76.5. The third kappa shape index (κ3) is 6.41. The van der Waals surface area contributed by atoms with Gasteiger partial charge < -0.3 is 0 Å². The highest BCUT2D eigenvalue weighted by molar-refractivity contribution is 7.99. The molecule has 0 spiro atoms. The molecular formula is C60H41N3S. The maximum absolute atomic E-state index is 5.31. The first-order valence-electron chi connectivity index (χ1n) is 21.8. The summed E-state index contributed by atoms with van der Waals surface area (Å²) in [5.74, 6) is 1.88. The molecule has 12 rings (SSSR count). The van der Waals surface area contributed by atoms with Crippen LogP contribution in [0.25, 0.3) is 101 Å². The number of fused-ring (bicyclic) bond motifs is 12. The Bertz CT molecular complexity index is 3450. The number of rotatable bonds is 4. The van der Waals surface area contributed by atoms with E-state index in [2.05, 4.69) is 202 Å². The average Bonchev–Trinajstić information content (AvgIpc) is 3.58. The van der Waals surface area contributed by atoms with E-state index in [0.717, 1.165) is 38.9 Å². The molecule has 10 aromatic rings. The van der Waals surface area contributed by atoms with E-state index in [0.29, 0.717) is 17.5 Å². The van der Waals surface area contributed by atoms with Gasteiger partial charge in [-0.15, -0.1) is 0 Å². The van der Waals surface area contributed by atoms with Gasteiger partial charge in [0, 0.05) is 31.9 Å². The monoisotopic (exact) mass is 835 g/mol. The first-order chi connectivity index (χ1) is 31.5. The van der Waals surface area contributed by atoms with E-state index >= 15 is 0 Å². The van der Waals surface area contributed by atoms with Crippen molar-refractivity contribution in [1.82, 2.24) is 15.0 Å². The average molecular weight is 836 g/mol. The van der Waals surface area contributed by atoms with E-state index in [1.165, 1.54) is 65.4 Å². The van der Waals surface area contributed by atoms with Gasteiger partial charge in [0.15, 0.2) is 17.5 Å². The molecule has 0 radical (unpaired) electrons. The Morgan fingerprint density at radius 3 is 1.44 bits per heavy atom. The molecule has 1 aromatic heterocycles. The Labute approximate surface area is 378 Å². The summed E-state index contributed by atoms with van der Waals surface area (Å²) in [4.78, 5) is 18.1. The lowest BCUT2D eigenvalue weighted by Gasteiger charge is -2.23. The van der Waals surface area contributed by atoms with Gasteiger partial charge >= 0.3 is 0 Å². The van der Waals surface area contributed by atoms with Crippen molar-refractivity contribution in [1.29, 1.82) is 0 Å². The van der Waals surface area contributed by atoms with Gasteiger partial charge in [0.1, 0.15) is 0 Å². The first-order valence-corrected chi connectivity index (χ1v) is 22.7. The fourth-order valence-corrected chi connectivity index (χ4v) is 10.9. The van der Waals surface area contributed by atoms with Gasteiger partial charge in [-0.3, -0.25) is 0 Å². The largest absolute Gasteiger partial charge is 0.208 e. The van der Waals surface area contributed by atoms with Gasteiger partial charge in [-0.25, -0.2) is 15.0 Å². The molecule has 2 aliphatic rings. The lowest BCUT2D eigenvalue weighted by Crippen LogP contribution is -2.15. The zero-order valence-corrected chi connectivity index (χ0v) is 36.3. The molecule has 0 N–H and O–H groups in total. The van der Waals surface area contributed by atoms with Crippen LogP contribution in [0.4, 0.5) is 0 Å². The van der Waals surface area contributed by atoms with Gasteiger partial charge in [-0.2, -0.15) is 0 Å². The Hall–Kier alpha value is -7.66. The topological polar surface area (TPSA) is 38.7 Å². The molecular weight excluding hydrogens is 795 g/mol. The molecule has 3 nitrogen and oxygen atoms in total. The Morgan fingerprint density at radius 1 is 0.281 bits per heavy atom. The standard InChI is InChI=1S/C60H41N3S/c1-60(2)53-30-15-13-28-48(53)51-36-52-50-35-42(59-62-57(39-20-7-4-8-21-39)61-58(63-59)41-23-17-22-40(34-41)38-18-5-3-6-19-38)32-33-47(50)45-26-10-9-24-43(45)44-25-11-12-27-46(44)49-29-14-16-31-55(49)64-56(52)37-54(51)60/h3-37H,1-2H3. The second-order valence-corrected chi connectivity index (χ2v) is 18.2. The molecule has 0 amide bonds. The van der Waals surface area contributed by atoms with Crippen molar-refractivity contribution in [3.63, 3.8) is 0 Å². The van der Waals surface area contributed by atoms with Crippen molar-refractivity contribution in [3.8, 4) is 101 Å². The lowest BCUT2D eigenvalue weighted by atomic mass is 9.81. The van der Waals surface area contributed by atoms with Gasteiger partial charge in [0.2, 0.25) is 0 Å². The summed E-state index contributed by atoms with van der Waals surface area (Å²) in [7, 11) is 0. The highest BCUT2D eigenvalue weighted by Crippen LogP contribution is 2.55. The van der Waals surface area contributed by atoms with E-state index in [4.69, 9.17) is 15.0 Å². The molecule has 0 fully saturated rings. The molecule has 1 aliphatic carbocycles. The van der Waals surface area contributed by atoms with Crippen LogP contribution in [0, 0.1) is 0 Å². The minimum absolute atomic E-state index is 0.163. The predicted octanol–water partition coefficient (Wildman–Crippen LogP) is 16.0. The van der Waals surface area contributed by atoms with Crippen LogP contribution in [0.1, 0.15) is 25.0 Å². The van der Waals surface area contributed by atoms with Crippen molar-refractivity contribution in [2.24, 2.45) is 0 Å². The van der Waals surface area contributed by atoms with Crippen molar-refractivity contribution in [2.75, 3.05) is 0 Å².